The van der Waals surface area contributed by atoms with Gasteiger partial charge in [-0.05, 0) is 65.7 Å². The summed E-state index contributed by atoms with van der Waals surface area (Å²) >= 11 is 1.79. The Hall–Kier alpha value is -6.17. The molecule has 0 saturated carbocycles. The van der Waals surface area contributed by atoms with Gasteiger partial charge < -0.3 is 13.7 Å². The Labute approximate surface area is 279 Å². The van der Waals surface area contributed by atoms with Crippen LogP contribution >= 0.6 is 11.3 Å². The quantitative estimate of drug-likeness (QED) is 0.189. The van der Waals surface area contributed by atoms with Crippen molar-refractivity contribution in [2.24, 2.45) is 0 Å². The minimum Gasteiger partial charge on any atom is -0.456 e. The number of benzene rings is 7. The average molecular weight is 635 g/mol. The second-order valence-corrected chi connectivity index (χ2v) is 13.0. The van der Waals surface area contributed by atoms with Gasteiger partial charge in [0.15, 0.2) is 5.58 Å². The molecule has 10 rings (SSSR count). The third-order valence-corrected chi connectivity index (χ3v) is 10.3. The average Bonchev–Trinajstić information content (AvgIpc) is 3.86. The number of nitrogens with zero attached hydrogens (tertiary/aromatic N) is 2. The van der Waals surface area contributed by atoms with E-state index in [-0.39, 0.29) is 0 Å². The highest BCUT2D eigenvalue weighted by molar-refractivity contribution is 7.26. The lowest BCUT2D eigenvalue weighted by molar-refractivity contribution is 0.620. The Morgan fingerprint density at radius 2 is 1.12 bits per heavy atom. The zero-order chi connectivity index (χ0) is 31.6. The summed E-state index contributed by atoms with van der Waals surface area (Å²) in [4.78, 5) is 7.45. The van der Waals surface area contributed by atoms with Crippen LogP contribution in [0.2, 0.25) is 0 Å². The number of thiophene rings is 1. The van der Waals surface area contributed by atoms with Gasteiger partial charge in [0.2, 0.25) is 5.89 Å². The van der Waals surface area contributed by atoms with E-state index in [0.29, 0.717) is 5.89 Å². The van der Waals surface area contributed by atoms with Crippen molar-refractivity contribution in [2.75, 3.05) is 4.90 Å². The third-order valence-electron chi connectivity index (χ3n) is 9.10. The number of furan rings is 1. The van der Waals surface area contributed by atoms with Crippen LogP contribution in [0.15, 0.2) is 167 Å². The van der Waals surface area contributed by atoms with Crippen molar-refractivity contribution >= 4 is 81.6 Å². The largest absolute Gasteiger partial charge is 0.456 e. The molecule has 10 aromatic rings. The van der Waals surface area contributed by atoms with E-state index in [1.165, 1.54) is 21.2 Å². The smallest absolute Gasteiger partial charge is 0.227 e. The van der Waals surface area contributed by atoms with Crippen LogP contribution in [0.3, 0.4) is 0 Å². The van der Waals surface area contributed by atoms with Gasteiger partial charge >= 0.3 is 0 Å². The van der Waals surface area contributed by atoms with Gasteiger partial charge in [-0.25, -0.2) is 4.98 Å². The molecule has 5 heteroatoms. The van der Waals surface area contributed by atoms with Gasteiger partial charge in [-0.2, -0.15) is 0 Å². The van der Waals surface area contributed by atoms with Gasteiger partial charge in [-0.1, -0.05) is 97.1 Å². The summed E-state index contributed by atoms with van der Waals surface area (Å²) in [6, 6.07) is 54.9. The molecule has 0 aliphatic rings. The maximum absolute atomic E-state index is 6.59. The van der Waals surface area contributed by atoms with Gasteiger partial charge in [0, 0.05) is 49.2 Å². The Morgan fingerprint density at radius 1 is 0.479 bits per heavy atom. The molecule has 0 saturated heterocycles. The summed E-state index contributed by atoms with van der Waals surface area (Å²) in [5.41, 5.74) is 9.79. The summed E-state index contributed by atoms with van der Waals surface area (Å²) in [6.07, 6.45) is 0. The Bertz CT molecular complexity index is 2780. The molecule has 3 aromatic heterocycles. The topological polar surface area (TPSA) is 42.4 Å². The predicted octanol–water partition coefficient (Wildman–Crippen LogP) is 12.9. The molecule has 0 aliphatic heterocycles. The molecule has 7 aromatic carbocycles. The summed E-state index contributed by atoms with van der Waals surface area (Å²) in [5, 5.41) is 4.45. The van der Waals surface area contributed by atoms with Crippen LogP contribution in [-0.4, -0.2) is 4.98 Å². The second-order valence-electron chi connectivity index (χ2n) is 12.0. The number of rotatable bonds is 5. The van der Waals surface area contributed by atoms with E-state index in [1.807, 2.05) is 42.5 Å². The van der Waals surface area contributed by atoms with E-state index in [1.54, 1.807) is 11.3 Å². The predicted molar refractivity (Wildman–Crippen MR) is 200 cm³/mol. The Balaban J connectivity index is 1.26. The van der Waals surface area contributed by atoms with E-state index in [0.717, 1.165) is 65.7 Å². The molecule has 0 aliphatic carbocycles. The van der Waals surface area contributed by atoms with Crippen LogP contribution in [-0.2, 0) is 0 Å². The summed E-state index contributed by atoms with van der Waals surface area (Å²) in [7, 11) is 0. The van der Waals surface area contributed by atoms with Gasteiger partial charge in [0.1, 0.15) is 16.7 Å². The molecule has 0 N–H and O–H groups in total. The molecule has 0 fully saturated rings. The van der Waals surface area contributed by atoms with Crippen molar-refractivity contribution in [3.8, 4) is 22.6 Å². The van der Waals surface area contributed by atoms with Crippen LogP contribution in [0.4, 0.5) is 17.1 Å². The minimum absolute atomic E-state index is 0.615. The molecule has 0 spiro atoms. The first-order chi connectivity index (χ1) is 23.8. The number of oxazole rings is 1. The van der Waals surface area contributed by atoms with Crippen LogP contribution in [0, 0.1) is 0 Å². The molecule has 0 radical (unpaired) electrons. The fourth-order valence-corrected chi connectivity index (χ4v) is 8.05. The van der Waals surface area contributed by atoms with Crippen molar-refractivity contribution < 1.29 is 8.83 Å². The maximum atomic E-state index is 6.59. The molecule has 48 heavy (non-hydrogen) atoms. The first-order valence-electron chi connectivity index (χ1n) is 16.0. The summed E-state index contributed by atoms with van der Waals surface area (Å²) in [6.45, 7) is 0. The highest BCUT2D eigenvalue weighted by Gasteiger charge is 2.24. The Kier molecular flexibility index (Phi) is 6.01. The van der Waals surface area contributed by atoms with E-state index in [2.05, 4.69) is 120 Å². The number of hydrogen-bond donors (Lipinski definition) is 0. The van der Waals surface area contributed by atoms with Crippen molar-refractivity contribution in [1.29, 1.82) is 0 Å². The van der Waals surface area contributed by atoms with Gasteiger partial charge in [-0.15, -0.1) is 11.3 Å². The highest BCUT2D eigenvalue weighted by Crippen LogP contribution is 2.49. The lowest BCUT2D eigenvalue weighted by atomic mass is 10.0. The highest BCUT2D eigenvalue weighted by atomic mass is 32.1. The van der Waals surface area contributed by atoms with Crippen LogP contribution in [0.1, 0.15) is 0 Å². The number of fused-ring (bicyclic) bond motifs is 8. The zero-order valence-corrected chi connectivity index (χ0v) is 26.4. The molecule has 3 heterocycles. The fourth-order valence-electron chi connectivity index (χ4n) is 6.84. The van der Waals surface area contributed by atoms with Gasteiger partial charge in [0.05, 0.1) is 10.4 Å². The summed E-state index contributed by atoms with van der Waals surface area (Å²) < 4.78 is 15.2. The minimum atomic E-state index is 0.615. The van der Waals surface area contributed by atoms with E-state index in [4.69, 9.17) is 13.8 Å². The SMILES string of the molecule is c1ccc(-c2ccc(N(c3ccc4oc5ccccc5c4c3)c3cc4oc(-c5ccccc5)nc4c4c3sc3ccccc34)cc2)cc1. The molecular weight excluding hydrogens is 609 g/mol. The van der Waals surface area contributed by atoms with Crippen molar-refractivity contribution in [2.45, 2.75) is 0 Å². The van der Waals surface area contributed by atoms with Gasteiger partial charge in [-0.3, -0.25) is 0 Å². The normalized spacial score (nSPS) is 11.8. The lowest BCUT2D eigenvalue weighted by Crippen LogP contribution is -2.10. The fraction of sp³-hybridized carbons (Fsp3) is 0. The molecule has 0 bridgehead atoms. The lowest BCUT2D eigenvalue weighted by Gasteiger charge is -2.26. The van der Waals surface area contributed by atoms with Crippen LogP contribution in [0.25, 0.3) is 75.8 Å². The zero-order valence-electron chi connectivity index (χ0n) is 25.6. The molecule has 0 atom stereocenters. The monoisotopic (exact) mass is 634 g/mol. The van der Waals surface area contributed by atoms with Crippen molar-refractivity contribution in [1.82, 2.24) is 4.98 Å². The number of hydrogen-bond acceptors (Lipinski definition) is 5. The van der Waals surface area contributed by atoms with Crippen molar-refractivity contribution in [3.05, 3.63) is 158 Å². The first kappa shape index (κ1) is 27.0. The maximum Gasteiger partial charge on any atom is 0.227 e. The van der Waals surface area contributed by atoms with Gasteiger partial charge in [0.25, 0.3) is 0 Å². The van der Waals surface area contributed by atoms with E-state index < -0.39 is 0 Å². The molecule has 0 amide bonds. The van der Waals surface area contributed by atoms with Crippen LogP contribution < -0.4 is 4.90 Å². The van der Waals surface area contributed by atoms with E-state index >= 15 is 0 Å². The third kappa shape index (κ3) is 4.25. The Morgan fingerprint density at radius 3 is 1.94 bits per heavy atom. The van der Waals surface area contributed by atoms with Crippen LogP contribution in [0.5, 0.6) is 0 Å². The number of para-hydroxylation sites is 1. The number of anilines is 3. The van der Waals surface area contributed by atoms with Crippen molar-refractivity contribution in [3.63, 3.8) is 0 Å². The molecule has 0 unspecified atom stereocenters. The number of aromatic nitrogens is 1. The molecule has 226 valence electrons. The second kappa shape index (κ2) is 10.7. The first-order valence-corrected chi connectivity index (χ1v) is 16.8. The standard InChI is InChI=1S/C43H26N2O2S/c1-3-11-27(12-4-1)28-19-21-30(22-20-28)45(31-23-24-37-34(25-31)32-15-7-9-17-36(32)46-37)35-26-38-41(44-43(47-38)29-13-5-2-6-14-29)40-33-16-8-10-18-39(33)48-42(35)40/h1-26H. The summed E-state index contributed by atoms with van der Waals surface area (Å²) in [5.74, 6) is 0.615. The molecule has 4 nitrogen and oxygen atoms in total. The van der Waals surface area contributed by atoms with E-state index in [9.17, 15) is 0 Å². The molecular formula is C43H26N2O2S.